The molecule has 0 unspecified atom stereocenters. The van der Waals surface area contributed by atoms with E-state index >= 15 is 0 Å². The highest BCUT2D eigenvalue weighted by molar-refractivity contribution is 8.00. The third-order valence-corrected chi connectivity index (χ3v) is 10.6. The minimum atomic E-state index is -3.35. The lowest BCUT2D eigenvalue weighted by Gasteiger charge is -2.35. The number of esters is 1. The number of carbonyl (C=O) groups excluding carboxylic acids is 1. The SMILES string of the molecule is CCCCCCC(=O)OCCC1CCN(CCCN2c3cc(OC)ccc3Sc3c2cccc3S(C)(=O)=O)CC1.O=C(O)C(=O)O. The molecule has 2 aromatic rings. The number of ether oxygens (including phenoxy) is 2. The van der Waals surface area contributed by atoms with Gasteiger partial charge < -0.3 is 29.5 Å². The summed E-state index contributed by atoms with van der Waals surface area (Å²) in [6, 6.07) is 11.5. The van der Waals surface area contributed by atoms with Crippen molar-refractivity contribution in [2.75, 3.05) is 51.1 Å². The number of rotatable bonds is 14. The van der Waals surface area contributed by atoms with Crippen molar-refractivity contribution in [2.45, 2.75) is 79.4 Å². The van der Waals surface area contributed by atoms with Crippen molar-refractivity contribution in [3.8, 4) is 5.75 Å². The largest absolute Gasteiger partial charge is 0.497 e. The number of hydrogen-bond acceptors (Lipinski definition) is 10. The Hall–Kier alpha value is -3.29. The fraction of sp³-hybridized carbons (Fsp3) is 0.545. The fourth-order valence-corrected chi connectivity index (χ4v) is 8.00. The Morgan fingerprint density at radius 2 is 1.67 bits per heavy atom. The highest BCUT2D eigenvalue weighted by atomic mass is 32.2. The lowest BCUT2D eigenvalue weighted by atomic mass is 9.94. The monoisotopic (exact) mass is 678 g/mol. The molecule has 13 heteroatoms. The van der Waals surface area contributed by atoms with Crippen LogP contribution in [0.3, 0.4) is 0 Å². The van der Waals surface area contributed by atoms with Crippen molar-refractivity contribution in [1.82, 2.24) is 4.90 Å². The molecule has 0 bridgehead atoms. The summed E-state index contributed by atoms with van der Waals surface area (Å²) in [5.74, 6) is -2.29. The van der Waals surface area contributed by atoms with E-state index in [1.165, 1.54) is 30.9 Å². The van der Waals surface area contributed by atoms with Gasteiger partial charge in [0.1, 0.15) is 5.75 Å². The number of carbonyl (C=O) groups is 3. The molecule has 2 aromatic carbocycles. The van der Waals surface area contributed by atoms with Crippen molar-refractivity contribution in [3.63, 3.8) is 0 Å². The van der Waals surface area contributed by atoms with Crippen LogP contribution in [0.5, 0.6) is 5.75 Å². The molecule has 0 spiro atoms. The number of methoxy groups -OCH3 is 1. The van der Waals surface area contributed by atoms with Crippen LogP contribution < -0.4 is 9.64 Å². The van der Waals surface area contributed by atoms with E-state index in [2.05, 4.69) is 16.7 Å². The molecule has 0 radical (unpaired) electrons. The zero-order valence-electron chi connectivity index (χ0n) is 26.9. The number of nitrogens with zero attached hydrogens (tertiary/aromatic N) is 2. The smallest absolute Gasteiger partial charge is 0.414 e. The van der Waals surface area contributed by atoms with Gasteiger partial charge in [0.05, 0.1) is 34.9 Å². The molecule has 0 aliphatic carbocycles. The Labute approximate surface area is 276 Å². The van der Waals surface area contributed by atoms with E-state index in [9.17, 15) is 13.2 Å². The van der Waals surface area contributed by atoms with Crippen molar-refractivity contribution in [1.29, 1.82) is 0 Å². The number of likely N-dealkylation sites (tertiary alicyclic amines) is 1. The molecule has 46 heavy (non-hydrogen) atoms. The van der Waals surface area contributed by atoms with Gasteiger partial charge in [0, 0.05) is 30.2 Å². The maximum Gasteiger partial charge on any atom is 0.414 e. The average molecular weight is 679 g/mol. The first kappa shape index (κ1) is 37.2. The van der Waals surface area contributed by atoms with Gasteiger partial charge in [0.15, 0.2) is 9.84 Å². The standard InChI is InChI=1S/C31H44N2O5S2.C2H2O4/c1-4-5-6-7-12-30(34)38-22-17-24-15-20-32(21-16-24)18-9-19-33-26-10-8-11-29(40(3,35)36)31(26)39-28-14-13-25(37-2)23-27(28)33;3-1(4)2(5)6/h8,10-11,13-14,23-24H,4-7,9,12,15-22H2,1-3H3;(H,3,4)(H,5,6). The van der Waals surface area contributed by atoms with Crippen LogP contribution in [-0.2, 0) is 29.0 Å². The normalized spacial score (nSPS) is 14.8. The zero-order valence-corrected chi connectivity index (χ0v) is 28.5. The van der Waals surface area contributed by atoms with Gasteiger partial charge >= 0.3 is 17.9 Å². The van der Waals surface area contributed by atoms with Crippen LogP contribution in [0.25, 0.3) is 0 Å². The first-order valence-electron chi connectivity index (χ1n) is 15.7. The number of fused-ring (bicyclic) bond motifs is 2. The van der Waals surface area contributed by atoms with Gasteiger partial charge in [-0.2, -0.15) is 0 Å². The highest BCUT2D eigenvalue weighted by Crippen LogP contribution is 2.51. The number of sulfone groups is 1. The quantitative estimate of drug-likeness (QED) is 0.140. The summed E-state index contributed by atoms with van der Waals surface area (Å²) < 4.78 is 36.1. The van der Waals surface area contributed by atoms with Crippen LogP contribution in [0, 0.1) is 5.92 Å². The van der Waals surface area contributed by atoms with Crippen molar-refractivity contribution >= 4 is 50.9 Å². The predicted octanol–water partition coefficient (Wildman–Crippen LogP) is 5.86. The summed E-state index contributed by atoms with van der Waals surface area (Å²) in [6.45, 7) is 6.61. The molecule has 11 nitrogen and oxygen atoms in total. The highest BCUT2D eigenvalue weighted by Gasteiger charge is 2.29. The molecule has 2 heterocycles. The van der Waals surface area contributed by atoms with E-state index in [0.29, 0.717) is 23.8 Å². The molecule has 4 rings (SSSR count). The molecule has 1 saturated heterocycles. The molecule has 1 fully saturated rings. The molecule has 2 aliphatic rings. The van der Waals surface area contributed by atoms with E-state index in [1.54, 1.807) is 13.2 Å². The molecule has 0 atom stereocenters. The molecule has 0 amide bonds. The van der Waals surface area contributed by atoms with E-state index in [1.807, 2.05) is 30.3 Å². The second-order valence-electron chi connectivity index (χ2n) is 11.5. The molecule has 254 valence electrons. The van der Waals surface area contributed by atoms with E-state index in [-0.39, 0.29) is 5.97 Å². The van der Waals surface area contributed by atoms with Gasteiger partial charge in [0.25, 0.3) is 0 Å². The first-order valence-corrected chi connectivity index (χ1v) is 18.5. The second kappa shape index (κ2) is 18.2. The van der Waals surface area contributed by atoms with E-state index in [4.69, 9.17) is 29.3 Å². The Balaban J connectivity index is 0.000000875. The number of benzene rings is 2. The molecule has 0 aromatic heterocycles. The van der Waals surface area contributed by atoms with Crippen molar-refractivity contribution in [3.05, 3.63) is 36.4 Å². The van der Waals surface area contributed by atoms with Crippen LogP contribution in [0.4, 0.5) is 11.4 Å². The van der Waals surface area contributed by atoms with Gasteiger partial charge in [-0.15, -0.1) is 0 Å². The molecule has 2 N–H and O–H groups in total. The summed E-state index contributed by atoms with van der Waals surface area (Å²) in [7, 11) is -1.69. The number of aliphatic carboxylic acids is 2. The second-order valence-corrected chi connectivity index (χ2v) is 14.6. The van der Waals surface area contributed by atoms with Crippen LogP contribution in [0.15, 0.2) is 51.1 Å². The van der Waals surface area contributed by atoms with Crippen molar-refractivity contribution < 1.29 is 42.5 Å². The minimum Gasteiger partial charge on any atom is -0.497 e. The first-order chi connectivity index (χ1) is 21.9. The van der Waals surface area contributed by atoms with Gasteiger partial charge in [-0.3, -0.25) is 4.79 Å². The number of carboxylic acids is 2. The number of carboxylic acid groups (broad SMARTS) is 2. The number of unbranched alkanes of at least 4 members (excludes halogenated alkanes) is 3. The predicted molar refractivity (Wildman–Crippen MR) is 177 cm³/mol. The summed E-state index contributed by atoms with van der Waals surface area (Å²) in [6.07, 6.45) is 10.4. The Kier molecular flexibility index (Phi) is 14.7. The Morgan fingerprint density at radius 3 is 2.30 bits per heavy atom. The maximum atomic E-state index is 12.6. The maximum absolute atomic E-state index is 12.6. The molecular weight excluding hydrogens is 633 g/mol. The average Bonchev–Trinajstić information content (AvgIpc) is 3.02. The zero-order chi connectivity index (χ0) is 33.7. The van der Waals surface area contributed by atoms with Crippen LogP contribution in [-0.4, -0.2) is 87.6 Å². The molecule has 0 saturated carbocycles. The fourth-order valence-electron chi connectivity index (χ4n) is 5.57. The Morgan fingerprint density at radius 1 is 0.957 bits per heavy atom. The lowest BCUT2D eigenvalue weighted by molar-refractivity contribution is -0.159. The topological polar surface area (TPSA) is 151 Å². The van der Waals surface area contributed by atoms with Crippen molar-refractivity contribution in [2.24, 2.45) is 5.92 Å². The van der Waals surface area contributed by atoms with E-state index < -0.39 is 21.8 Å². The molecular formula is C33H46N2O9S2. The van der Waals surface area contributed by atoms with Gasteiger partial charge in [0.2, 0.25) is 0 Å². The summed E-state index contributed by atoms with van der Waals surface area (Å²) >= 11 is 1.52. The number of anilines is 2. The Bertz CT molecular complexity index is 1430. The minimum absolute atomic E-state index is 0.0472. The van der Waals surface area contributed by atoms with E-state index in [0.717, 1.165) is 91.6 Å². The summed E-state index contributed by atoms with van der Waals surface area (Å²) in [4.78, 5) is 37.1. The third kappa shape index (κ3) is 11.2. The van der Waals surface area contributed by atoms with Gasteiger partial charge in [-0.25, -0.2) is 18.0 Å². The molecule has 2 aliphatic heterocycles. The van der Waals surface area contributed by atoms with Crippen LogP contribution >= 0.6 is 11.8 Å². The van der Waals surface area contributed by atoms with Gasteiger partial charge in [-0.1, -0.05) is 44.0 Å². The lowest BCUT2D eigenvalue weighted by Crippen LogP contribution is -2.36. The summed E-state index contributed by atoms with van der Waals surface area (Å²) in [5.41, 5.74) is 1.99. The van der Waals surface area contributed by atoms with Gasteiger partial charge in [-0.05, 0) is 81.9 Å². The summed E-state index contributed by atoms with van der Waals surface area (Å²) in [5, 5.41) is 14.8. The number of piperidine rings is 1. The van der Waals surface area contributed by atoms with Crippen LogP contribution in [0.2, 0.25) is 0 Å². The van der Waals surface area contributed by atoms with Crippen LogP contribution in [0.1, 0.15) is 64.7 Å². The third-order valence-electron chi connectivity index (χ3n) is 8.09. The number of hydrogen-bond donors (Lipinski definition) is 2.